The zero-order valence-corrected chi connectivity index (χ0v) is 18.9. The van der Waals surface area contributed by atoms with Crippen molar-refractivity contribution < 1.29 is 9.47 Å². The van der Waals surface area contributed by atoms with Crippen LogP contribution in [0.1, 0.15) is 12.8 Å². The Balaban J connectivity index is 1.37. The highest BCUT2D eigenvalue weighted by atomic mass is 79.9. The van der Waals surface area contributed by atoms with Gasteiger partial charge in [-0.25, -0.2) is 0 Å². The highest BCUT2D eigenvalue weighted by Crippen LogP contribution is 2.17. The van der Waals surface area contributed by atoms with E-state index in [9.17, 15) is 0 Å². The van der Waals surface area contributed by atoms with Gasteiger partial charge in [-0.1, -0.05) is 46.3 Å². The Morgan fingerprint density at radius 1 is 0.645 bits per heavy atom. The minimum Gasteiger partial charge on any atom is -0.494 e. The Morgan fingerprint density at radius 3 is 1.68 bits per heavy atom. The summed E-state index contributed by atoms with van der Waals surface area (Å²) in [5.41, 5.74) is 2.69. The van der Waals surface area contributed by atoms with Crippen molar-refractivity contribution in [2.75, 3.05) is 13.2 Å². The summed E-state index contributed by atoms with van der Waals surface area (Å²) in [7, 11) is 0. The Kier molecular flexibility index (Phi) is 7.10. The van der Waals surface area contributed by atoms with Crippen LogP contribution in [-0.4, -0.2) is 22.3 Å². The van der Waals surface area contributed by atoms with Crippen molar-refractivity contribution in [2.45, 2.75) is 25.9 Å². The Bertz CT molecular complexity index is 1170. The molecule has 160 valence electrons. The lowest BCUT2D eigenvalue weighted by atomic mass is 10.3. The predicted molar refractivity (Wildman–Crippen MR) is 127 cm³/mol. The molecule has 0 amide bonds. The number of para-hydroxylation sites is 3. The van der Waals surface area contributed by atoms with Gasteiger partial charge in [0.1, 0.15) is 11.5 Å². The fraction of sp³-hybridized carbons (Fsp3) is 0.240. The highest BCUT2D eigenvalue weighted by Gasteiger charge is 2.10. The predicted octanol–water partition coefficient (Wildman–Crippen LogP) is 5.62. The van der Waals surface area contributed by atoms with E-state index in [1.54, 1.807) is 0 Å². The summed E-state index contributed by atoms with van der Waals surface area (Å²) in [6.07, 6.45) is 1.67. The molecule has 0 fully saturated rings. The summed E-state index contributed by atoms with van der Waals surface area (Å²) < 4.78 is 16.8. The molecule has 31 heavy (non-hydrogen) atoms. The van der Waals surface area contributed by atoms with Gasteiger partial charge in [0.05, 0.1) is 24.2 Å². The third kappa shape index (κ3) is 5.39. The van der Waals surface area contributed by atoms with Crippen LogP contribution in [0.25, 0.3) is 11.0 Å². The Morgan fingerprint density at radius 2 is 1.13 bits per heavy atom. The highest BCUT2D eigenvalue weighted by molar-refractivity contribution is 9.10. The van der Waals surface area contributed by atoms with Gasteiger partial charge in [-0.15, -0.1) is 0 Å². The van der Waals surface area contributed by atoms with E-state index in [1.807, 2.05) is 66.7 Å². The van der Waals surface area contributed by atoms with Crippen molar-refractivity contribution in [3.63, 3.8) is 0 Å². The van der Waals surface area contributed by atoms with Crippen molar-refractivity contribution in [3.8, 4) is 11.5 Å². The lowest BCUT2D eigenvalue weighted by Crippen LogP contribution is -2.26. The standard InChI is InChI=1S/C25H26BrN3O2/c26-20-12-14-22(15-13-20)31-19-7-17-29-24-11-5-4-10-23(24)28(25(29)27)16-6-18-30-21-8-2-1-3-9-21/h1-5,8-15,27H,6-7,16-19H2. The fourth-order valence-electron chi connectivity index (χ4n) is 3.62. The lowest BCUT2D eigenvalue weighted by molar-refractivity contribution is 0.297. The van der Waals surface area contributed by atoms with Gasteiger partial charge in [0.25, 0.3) is 0 Å². The molecule has 1 heterocycles. The molecule has 0 aliphatic heterocycles. The first-order valence-electron chi connectivity index (χ1n) is 10.5. The van der Waals surface area contributed by atoms with Crippen molar-refractivity contribution in [1.29, 1.82) is 5.41 Å². The van der Waals surface area contributed by atoms with E-state index in [0.717, 1.165) is 52.9 Å². The van der Waals surface area contributed by atoms with Gasteiger partial charge < -0.3 is 18.6 Å². The molecule has 0 radical (unpaired) electrons. The SMILES string of the molecule is N=c1n(CCCOc2ccccc2)c2ccccc2n1CCCOc1ccc(Br)cc1. The molecule has 5 nitrogen and oxygen atoms in total. The van der Waals surface area contributed by atoms with Gasteiger partial charge in [-0.2, -0.15) is 0 Å². The monoisotopic (exact) mass is 479 g/mol. The lowest BCUT2D eigenvalue weighted by Gasteiger charge is -2.08. The van der Waals surface area contributed by atoms with Crippen LogP contribution in [0.4, 0.5) is 0 Å². The largest absolute Gasteiger partial charge is 0.494 e. The van der Waals surface area contributed by atoms with Crippen LogP contribution in [0, 0.1) is 5.41 Å². The zero-order valence-electron chi connectivity index (χ0n) is 17.3. The molecule has 3 aromatic carbocycles. The zero-order chi connectivity index (χ0) is 21.5. The molecular formula is C25H26BrN3O2. The first kappa shape index (κ1) is 21.2. The van der Waals surface area contributed by atoms with Gasteiger partial charge in [0.2, 0.25) is 5.62 Å². The van der Waals surface area contributed by atoms with Gasteiger partial charge in [0.15, 0.2) is 0 Å². The summed E-state index contributed by atoms with van der Waals surface area (Å²) in [5, 5.41) is 8.74. The number of fused-ring (bicyclic) bond motifs is 1. The van der Waals surface area contributed by atoms with E-state index in [2.05, 4.69) is 37.2 Å². The number of aromatic nitrogens is 2. The summed E-state index contributed by atoms with van der Waals surface area (Å²) in [4.78, 5) is 0. The summed E-state index contributed by atoms with van der Waals surface area (Å²) >= 11 is 3.44. The van der Waals surface area contributed by atoms with Crippen molar-refractivity contribution >= 4 is 27.0 Å². The van der Waals surface area contributed by atoms with Crippen molar-refractivity contribution in [2.24, 2.45) is 0 Å². The number of rotatable bonds is 10. The number of aryl methyl sites for hydroxylation is 2. The van der Waals surface area contributed by atoms with Crippen LogP contribution in [0.5, 0.6) is 11.5 Å². The Labute approximate surface area is 190 Å². The number of ether oxygens (including phenoxy) is 2. The maximum Gasteiger partial charge on any atom is 0.202 e. The minimum atomic E-state index is 0.518. The summed E-state index contributed by atoms with van der Waals surface area (Å²) in [5.74, 6) is 1.74. The smallest absolute Gasteiger partial charge is 0.202 e. The second-order valence-corrected chi connectivity index (χ2v) is 8.20. The normalized spacial score (nSPS) is 11.0. The fourth-order valence-corrected chi connectivity index (χ4v) is 3.88. The Hall–Kier alpha value is -2.99. The second kappa shape index (κ2) is 10.4. The molecule has 0 aliphatic carbocycles. The van der Waals surface area contributed by atoms with Crippen LogP contribution in [-0.2, 0) is 13.1 Å². The van der Waals surface area contributed by atoms with E-state index >= 15 is 0 Å². The number of nitrogens with one attached hydrogen (secondary N) is 1. The van der Waals surface area contributed by atoms with Crippen LogP contribution < -0.4 is 15.1 Å². The maximum atomic E-state index is 8.74. The molecule has 6 heteroatoms. The molecule has 0 aliphatic rings. The number of hydrogen-bond donors (Lipinski definition) is 1. The average Bonchev–Trinajstić information content (AvgIpc) is 3.07. The summed E-state index contributed by atoms with van der Waals surface area (Å²) in [6.45, 7) is 2.72. The number of halogens is 1. The molecule has 0 saturated carbocycles. The van der Waals surface area contributed by atoms with Gasteiger partial charge in [-0.3, -0.25) is 5.41 Å². The van der Waals surface area contributed by atoms with Crippen LogP contribution >= 0.6 is 15.9 Å². The van der Waals surface area contributed by atoms with E-state index in [-0.39, 0.29) is 0 Å². The van der Waals surface area contributed by atoms with E-state index in [0.29, 0.717) is 18.8 Å². The first-order chi connectivity index (χ1) is 15.2. The molecule has 1 aromatic heterocycles. The molecule has 4 aromatic rings. The maximum absolute atomic E-state index is 8.74. The van der Waals surface area contributed by atoms with Crippen LogP contribution in [0.3, 0.4) is 0 Å². The summed E-state index contributed by atoms with van der Waals surface area (Å²) in [6, 6.07) is 25.9. The molecule has 0 unspecified atom stereocenters. The van der Waals surface area contributed by atoms with E-state index < -0.39 is 0 Å². The van der Waals surface area contributed by atoms with E-state index in [4.69, 9.17) is 14.9 Å². The van der Waals surface area contributed by atoms with E-state index in [1.165, 1.54) is 0 Å². The number of imidazole rings is 1. The third-order valence-corrected chi connectivity index (χ3v) is 5.65. The molecule has 0 atom stereocenters. The van der Waals surface area contributed by atoms with Gasteiger partial charge >= 0.3 is 0 Å². The molecule has 4 rings (SSSR count). The minimum absolute atomic E-state index is 0.518. The van der Waals surface area contributed by atoms with Gasteiger partial charge in [-0.05, 0) is 61.4 Å². The molecule has 1 N–H and O–H groups in total. The molecule has 0 saturated heterocycles. The van der Waals surface area contributed by atoms with Crippen molar-refractivity contribution in [1.82, 2.24) is 9.13 Å². The molecule has 0 bridgehead atoms. The van der Waals surface area contributed by atoms with Crippen LogP contribution in [0.15, 0.2) is 83.3 Å². The average molecular weight is 480 g/mol. The third-order valence-electron chi connectivity index (χ3n) is 5.12. The second-order valence-electron chi connectivity index (χ2n) is 7.29. The quantitative estimate of drug-likeness (QED) is 0.300. The van der Waals surface area contributed by atoms with Crippen LogP contribution in [0.2, 0.25) is 0 Å². The molecule has 0 spiro atoms. The number of benzene rings is 3. The molecular weight excluding hydrogens is 454 g/mol. The number of nitrogens with zero attached hydrogens (tertiary/aromatic N) is 2. The topological polar surface area (TPSA) is 52.2 Å². The van der Waals surface area contributed by atoms with Gasteiger partial charge in [0, 0.05) is 17.6 Å². The number of hydrogen-bond acceptors (Lipinski definition) is 3. The van der Waals surface area contributed by atoms with Crippen molar-refractivity contribution in [3.05, 3.63) is 89.0 Å². The first-order valence-corrected chi connectivity index (χ1v) is 11.3.